The van der Waals surface area contributed by atoms with Crippen molar-refractivity contribution in [3.8, 4) is 22.3 Å². The third-order valence-electron chi connectivity index (χ3n) is 8.01. The van der Waals surface area contributed by atoms with Crippen LogP contribution in [-0.4, -0.2) is 0 Å². The van der Waals surface area contributed by atoms with Crippen molar-refractivity contribution in [1.29, 1.82) is 0 Å². The maximum absolute atomic E-state index is 15.2. The standard InChI is InChI=1S/C34H38F4/c1-3-5-6-7-8-10-27-19-20-28(32(36)31(27)35)25-15-17-26(18-16-25)30-22-21-29(33(37)34(30)38)24-13-11-23(9-4-2)12-14-24/h4,9,15-24H,3,5-8,10-14H2,1-2H3. The molecular formula is C34H38F4. The molecule has 1 saturated carbocycles. The molecule has 1 fully saturated rings. The summed E-state index contributed by atoms with van der Waals surface area (Å²) in [5.74, 6) is -2.75. The SMILES string of the molecule is CC=CC1CCC(c2ccc(-c3ccc(-c4ccc(CCCCCCC)c(F)c4F)cc3)c(F)c2F)CC1. The van der Waals surface area contributed by atoms with Crippen LogP contribution in [0.5, 0.6) is 0 Å². The molecule has 1 aliphatic rings. The lowest BCUT2D eigenvalue weighted by Gasteiger charge is -2.27. The van der Waals surface area contributed by atoms with Crippen LogP contribution < -0.4 is 0 Å². The number of hydrogen-bond donors (Lipinski definition) is 0. The van der Waals surface area contributed by atoms with Crippen LogP contribution in [0.25, 0.3) is 22.3 Å². The van der Waals surface area contributed by atoms with Gasteiger partial charge in [-0.15, -0.1) is 0 Å². The van der Waals surface area contributed by atoms with Crippen molar-refractivity contribution in [2.75, 3.05) is 0 Å². The fourth-order valence-electron chi connectivity index (χ4n) is 5.75. The van der Waals surface area contributed by atoms with Gasteiger partial charge in [-0.3, -0.25) is 0 Å². The Morgan fingerprint density at radius 1 is 0.658 bits per heavy atom. The largest absolute Gasteiger partial charge is 0.203 e. The summed E-state index contributed by atoms with van der Waals surface area (Å²) < 4.78 is 60.0. The molecule has 3 aromatic carbocycles. The van der Waals surface area contributed by atoms with Crippen molar-refractivity contribution in [1.82, 2.24) is 0 Å². The van der Waals surface area contributed by atoms with Gasteiger partial charge in [0.2, 0.25) is 0 Å². The molecule has 0 nitrogen and oxygen atoms in total. The van der Waals surface area contributed by atoms with Crippen molar-refractivity contribution in [2.45, 2.75) is 84.0 Å². The van der Waals surface area contributed by atoms with Gasteiger partial charge in [0.25, 0.3) is 0 Å². The van der Waals surface area contributed by atoms with Crippen LogP contribution in [0, 0.1) is 29.2 Å². The second kappa shape index (κ2) is 13.3. The van der Waals surface area contributed by atoms with E-state index in [-0.39, 0.29) is 17.0 Å². The minimum Gasteiger partial charge on any atom is -0.203 e. The van der Waals surface area contributed by atoms with E-state index in [1.54, 1.807) is 48.5 Å². The highest BCUT2D eigenvalue weighted by molar-refractivity contribution is 5.71. The molecule has 1 aliphatic carbocycles. The number of hydrogen-bond acceptors (Lipinski definition) is 0. The summed E-state index contributed by atoms with van der Waals surface area (Å²) in [5.41, 5.74) is 2.18. The number of rotatable bonds is 10. The molecular weight excluding hydrogens is 484 g/mol. The summed E-state index contributed by atoms with van der Waals surface area (Å²) in [7, 11) is 0. The molecule has 4 rings (SSSR count). The van der Waals surface area contributed by atoms with E-state index in [9.17, 15) is 8.78 Å². The van der Waals surface area contributed by atoms with Crippen LogP contribution in [0.4, 0.5) is 17.6 Å². The van der Waals surface area contributed by atoms with Crippen molar-refractivity contribution >= 4 is 0 Å². The summed E-state index contributed by atoms with van der Waals surface area (Å²) in [5, 5.41) is 0. The first kappa shape index (κ1) is 28.1. The summed E-state index contributed by atoms with van der Waals surface area (Å²) >= 11 is 0. The van der Waals surface area contributed by atoms with Gasteiger partial charge in [0, 0.05) is 11.1 Å². The highest BCUT2D eigenvalue weighted by Gasteiger charge is 2.26. The molecule has 0 unspecified atom stereocenters. The monoisotopic (exact) mass is 522 g/mol. The normalized spacial score (nSPS) is 17.8. The van der Waals surface area contributed by atoms with Gasteiger partial charge < -0.3 is 0 Å². The molecule has 0 atom stereocenters. The summed E-state index contributed by atoms with van der Waals surface area (Å²) in [6.45, 7) is 4.15. The summed E-state index contributed by atoms with van der Waals surface area (Å²) in [4.78, 5) is 0. The van der Waals surface area contributed by atoms with Gasteiger partial charge in [0.05, 0.1) is 0 Å². The van der Waals surface area contributed by atoms with E-state index in [1.165, 1.54) is 0 Å². The minimum atomic E-state index is -0.866. The van der Waals surface area contributed by atoms with Gasteiger partial charge in [-0.2, -0.15) is 0 Å². The molecule has 0 spiro atoms. The van der Waals surface area contributed by atoms with E-state index in [2.05, 4.69) is 19.1 Å². The van der Waals surface area contributed by atoms with Crippen molar-refractivity contribution in [2.24, 2.45) is 5.92 Å². The molecule has 0 saturated heterocycles. The average Bonchev–Trinajstić information content (AvgIpc) is 2.93. The van der Waals surface area contributed by atoms with Crippen molar-refractivity contribution < 1.29 is 17.6 Å². The highest BCUT2D eigenvalue weighted by atomic mass is 19.2. The Kier molecular flexibility index (Phi) is 9.82. The Hall–Kier alpha value is -2.88. The molecule has 0 heterocycles. The van der Waals surface area contributed by atoms with Gasteiger partial charge in [-0.25, -0.2) is 17.6 Å². The second-order valence-electron chi connectivity index (χ2n) is 10.6. The molecule has 38 heavy (non-hydrogen) atoms. The third kappa shape index (κ3) is 6.39. The van der Waals surface area contributed by atoms with E-state index in [4.69, 9.17) is 0 Å². The van der Waals surface area contributed by atoms with Crippen LogP contribution in [0.2, 0.25) is 0 Å². The van der Waals surface area contributed by atoms with Gasteiger partial charge in [-0.1, -0.05) is 93.3 Å². The predicted molar refractivity (Wildman–Crippen MR) is 149 cm³/mol. The van der Waals surface area contributed by atoms with Crippen LogP contribution in [-0.2, 0) is 6.42 Å². The fourth-order valence-corrected chi connectivity index (χ4v) is 5.75. The first-order valence-corrected chi connectivity index (χ1v) is 14.1. The Labute approximate surface area is 224 Å². The van der Waals surface area contributed by atoms with E-state index in [1.807, 2.05) is 6.92 Å². The van der Waals surface area contributed by atoms with Gasteiger partial charge in [-0.05, 0) is 79.5 Å². The van der Waals surface area contributed by atoms with Crippen LogP contribution in [0.3, 0.4) is 0 Å². The first-order valence-electron chi connectivity index (χ1n) is 14.1. The molecule has 3 aromatic rings. The Morgan fingerprint density at radius 2 is 1.24 bits per heavy atom. The maximum Gasteiger partial charge on any atom is 0.166 e. The van der Waals surface area contributed by atoms with E-state index in [0.717, 1.165) is 57.8 Å². The number of allylic oxidation sites excluding steroid dienone is 2. The van der Waals surface area contributed by atoms with Gasteiger partial charge in [0.1, 0.15) is 0 Å². The third-order valence-corrected chi connectivity index (χ3v) is 8.01. The maximum atomic E-state index is 15.2. The molecule has 202 valence electrons. The number of halogens is 4. The number of aryl methyl sites for hydroxylation is 1. The molecule has 0 amide bonds. The van der Waals surface area contributed by atoms with Gasteiger partial charge >= 0.3 is 0 Å². The quantitative estimate of drug-likeness (QED) is 0.141. The molecule has 0 aliphatic heterocycles. The van der Waals surface area contributed by atoms with Crippen LogP contribution in [0.15, 0.2) is 60.7 Å². The summed E-state index contributed by atoms with van der Waals surface area (Å²) in [6.07, 6.45) is 13.7. The van der Waals surface area contributed by atoms with Crippen LogP contribution >= 0.6 is 0 Å². The molecule has 0 radical (unpaired) electrons. The fraction of sp³-hybridized carbons (Fsp3) is 0.412. The summed E-state index contributed by atoms with van der Waals surface area (Å²) in [6, 6.07) is 13.1. The second-order valence-corrected chi connectivity index (χ2v) is 10.6. The zero-order valence-electron chi connectivity index (χ0n) is 22.5. The predicted octanol–water partition coefficient (Wildman–Crippen LogP) is 10.9. The smallest absolute Gasteiger partial charge is 0.166 e. The lowest BCUT2D eigenvalue weighted by atomic mass is 9.78. The van der Waals surface area contributed by atoms with Crippen LogP contribution in [0.1, 0.15) is 88.7 Å². The molecule has 4 heteroatoms. The zero-order chi connectivity index (χ0) is 27.1. The van der Waals surface area contributed by atoms with Crippen molar-refractivity contribution in [3.63, 3.8) is 0 Å². The zero-order valence-corrected chi connectivity index (χ0v) is 22.5. The molecule has 0 aromatic heterocycles. The van der Waals surface area contributed by atoms with Crippen molar-refractivity contribution in [3.05, 3.63) is 95.1 Å². The minimum absolute atomic E-state index is 0.0274. The Morgan fingerprint density at radius 3 is 1.84 bits per heavy atom. The average molecular weight is 523 g/mol. The lowest BCUT2D eigenvalue weighted by Crippen LogP contribution is -2.13. The van der Waals surface area contributed by atoms with E-state index >= 15 is 8.78 Å². The Bertz CT molecular complexity index is 1230. The lowest BCUT2D eigenvalue weighted by molar-refractivity contribution is 0.364. The Balaban J connectivity index is 1.48. The first-order chi connectivity index (χ1) is 18.4. The van der Waals surface area contributed by atoms with E-state index < -0.39 is 23.3 Å². The topological polar surface area (TPSA) is 0 Å². The number of unbranched alkanes of at least 4 members (excludes halogenated alkanes) is 4. The number of benzene rings is 3. The highest BCUT2D eigenvalue weighted by Crippen LogP contribution is 2.39. The molecule has 0 bridgehead atoms. The molecule has 0 N–H and O–H groups in total. The van der Waals surface area contributed by atoms with Gasteiger partial charge in [0.15, 0.2) is 23.3 Å². The van der Waals surface area contributed by atoms with E-state index in [0.29, 0.717) is 34.6 Å².